The summed E-state index contributed by atoms with van der Waals surface area (Å²) in [6.07, 6.45) is 6.51. The van der Waals surface area contributed by atoms with E-state index < -0.39 is 0 Å². The fourth-order valence-electron chi connectivity index (χ4n) is 3.02. The fourth-order valence-corrected chi connectivity index (χ4v) is 3.02. The minimum Gasteiger partial charge on any atom is -0.395 e. The van der Waals surface area contributed by atoms with E-state index in [1.54, 1.807) is 0 Å². The smallest absolute Gasteiger partial charge is 0.126 e. The lowest BCUT2D eigenvalue weighted by Crippen LogP contribution is -2.38. The maximum atomic E-state index is 9.31. The van der Waals surface area contributed by atoms with Crippen LogP contribution in [0, 0.1) is 0 Å². The Kier molecular flexibility index (Phi) is 6.27. The lowest BCUT2D eigenvalue weighted by atomic mass is 9.94. The van der Waals surface area contributed by atoms with Crippen LogP contribution in [0.3, 0.4) is 0 Å². The van der Waals surface area contributed by atoms with Crippen molar-refractivity contribution >= 4 is 5.82 Å². The molecule has 0 unspecified atom stereocenters. The largest absolute Gasteiger partial charge is 0.395 e. The first-order valence-corrected chi connectivity index (χ1v) is 7.88. The van der Waals surface area contributed by atoms with E-state index in [1.807, 2.05) is 6.07 Å². The third-order valence-electron chi connectivity index (χ3n) is 4.01. The van der Waals surface area contributed by atoms with Gasteiger partial charge in [0.1, 0.15) is 5.82 Å². The lowest BCUT2D eigenvalue weighted by Gasteiger charge is -2.33. The van der Waals surface area contributed by atoms with E-state index in [-0.39, 0.29) is 6.61 Å². The Bertz CT molecular complexity index is 391. The van der Waals surface area contributed by atoms with E-state index in [1.165, 1.54) is 32.1 Å². The van der Waals surface area contributed by atoms with Gasteiger partial charge >= 0.3 is 0 Å². The minimum absolute atomic E-state index is 0.226. The first-order chi connectivity index (χ1) is 9.83. The van der Waals surface area contributed by atoms with E-state index in [2.05, 4.69) is 34.3 Å². The third-order valence-corrected chi connectivity index (χ3v) is 4.01. The third kappa shape index (κ3) is 4.46. The van der Waals surface area contributed by atoms with Gasteiger partial charge < -0.3 is 10.4 Å². The number of aliphatic hydroxyl groups excluding tert-OH is 1. The summed E-state index contributed by atoms with van der Waals surface area (Å²) >= 11 is 0. The Morgan fingerprint density at radius 3 is 2.80 bits per heavy atom. The maximum absolute atomic E-state index is 9.31. The van der Waals surface area contributed by atoms with Crippen LogP contribution in [0.1, 0.15) is 44.7 Å². The monoisotopic (exact) mass is 277 g/mol. The van der Waals surface area contributed by atoms with Gasteiger partial charge in [-0.05, 0) is 31.9 Å². The van der Waals surface area contributed by atoms with Crippen molar-refractivity contribution in [3.8, 4) is 0 Å². The van der Waals surface area contributed by atoms with Crippen LogP contribution in [0.2, 0.25) is 0 Å². The summed E-state index contributed by atoms with van der Waals surface area (Å²) in [4.78, 5) is 7.04. The van der Waals surface area contributed by atoms with Gasteiger partial charge in [-0.15, -0.1) is 0 Å². The van der Waals surface area contributed by atoms with E-state index >= 15 is 0 Å². The number of aromatic nitrogens is 1. The molecule has 0 amide bonds. The maximum Gasteiger partial charge on any atom is 0.126 e. The number of anilines is 1. The molecule has 2 rings (SSSR count). The van der Waals surface area contributed by atoms with Gasteiger partial charge in [-0.2, -0.15) is 0 Å². The second-order valence-corrected chi connectivity index (χ2v) is 5.53. The number of rotatable bonds is 7. The van der Waals surface area contributed by atoms with E-state index in [4.69, 9.17) is 0 Å². The molecule has 112 valence electrons. The van der Waals surface area contributed by atoms with E-state index in [0.717, 1.165) is 31.1 Å². The summed E-state index contributed by atoms with van der Waals surface area (Å²) in [6, 6.07) is 6.75. The van der Waals surface area contributed by atoms with Crippen molar-refractivity contribution in [1.82, 2.24) is 9.88 Å². The van der Waals surface area contributed by atoms with Crippen molar-refractivity contribution in [1.29, 1.82) is 0 Å². The molecule has 1 aliphatic rings. The van der Waals surface area contributed by atoms with Crippen molar-refractivity contribution in [2.75, 3.05) is 25.0 Å². The molecule has 2 N–H and O–H groups in total. The normalized spacial score (nSPS) is 16.6. The van der Waals surface area contributed by atoms with Crippen molar-refractivity contribution in [2.24, 2.45) is 0 Å². The highest BCUT2D eigenvalue weighted by atomic mass is 16.3. The van der Waals surface area contributed by atoms with Gasteiger partial charge in [0, 0.05) is 25.7 Å². The highest BCUT2D eigenvalue weighted by Crippen LogP contribution is 2.23. The SMILES string of the molecule is CCNc1cccc(CN(CCO)C2CCCCC2)n1. The molecule has 0 aliphatic heterocycles. The van der Waals surface area contributed by atoms with Crippen LogP contribution in [0.15, 0.2) is 18.2 Å². The molecule has 1 heterocycles. The molecule has 0 saturated heterocycles. The molecule has 1 aromatic rings. The number of hydrogen-bond acceptors (Lipinski definition) is 4. The van der Waals surface area contributed by atoms with Crippen LogP contribution >= 0.6 is 0 Å². The lowest BCUT2D eigenvalue weighted by molar-refractivity contribution is 0.116. The number of hydrogen-bond donors (Lipinski definition) is 2. The molecule has 1 aromatic heterocycles. The van der Waals surface area contributed by atoms with Crippen LogP contribution in [0.5, 0.6) is 0 Å². The fraction of sp³-hybridized carbons (Fsp3) is 0.688. The summed E-state index contributed by atoms with van der Waals surface area (Å²) in [6.45, 7) is 4.78. The molecule has 1 fully saturated rings. The Hall–Kier alpha value is -1.13. The molecule has 20 heavy (non-hydrogen) atoms. The van der Waals surface area contributed by atoms with Gasteiger partial charge in [-0.25, -0.2) is 4.98 Å². The van der Waals surface area contributed by atoms with E-state index in [0.29, 0.717) is 6.04 Å². The summed E-state index contributed by atoms with van der Waals surface area (Å²) in [5.41, 5.74) is 1.09. The summed E-state index contributed by atoms with van der Waals surface area (Å²) in [5.74, 6) is 0.942. The Morgan fingerprint density at radius 1 is 1.30 bits per heavy atom. The molecule has 4 nitrogen and oxygen atoms in total. The topological polar surface area (TPSA) is 48.4 Å². The number of nitrogens with zero attached hydrogens (tertiary/aromatic N) is 2. The van der Waals surface area contributed by atoms with Gasteiger partial charge in [0.25, 0.3) is 0 Å². The first-order valence-electron chi connectivity index (χ1n) is 7.88. The second-order valence-electron chi connectivity index (χ2n) is 5.53. The summed E-state index contributed by atoms with van der Waals surface area (Å²) in [7, 11) is 0. The van der Waals surface area contributed by atoms with Crippen LogP contribution in [0.25, 0.3) is 0 Å². The molecule has 0 spiro atoms. The highest BCUT2D eigenvalue weighted by Gasteiger charge is 2.21. The number of nitrogens with one attached hydrogen (secondary N) is 1. The van der Waals surface area contributed by atoms with Crippen LogP contribution in [-0.4, -0.2) is 40.7 Å². The van der Waals surface area contributed by atoms with Crippen molar-refractivity contribution < 1.29 is 5.11 Å². The molecule has 1 saturated carbocycles. The molecule has 1 aliphatic carbocycles. The first kappa shape index (κ1) is 15.3. The van der Waals surface area contributed by atoms with Crippen LogP contribution < -0.4 is 5.32 Å². The average molecular weight is 277 g/mol. The zero-order valence-corrected chi connectivity index (χ0v) is 12.5. The second kappa shape index (κ2) is 8.22. The molecule has 0 bridgehead atoms. The average Bonchev–Trinajstić information content (AvgIpc) is 2.48. The van der Waals surface area contributed by atoms with E-state index in [9.17, 15) is 5.11 Å². The summed E-state index contributed by atoms with van der Waals surface area (Å²) in [5, 5.41) is 12.6. The minimum atomic E-state index is 0.226. The van der Waals surface area contributed by atoms with Gasteiger partial charge in [-0.3, -0.25) is 4.90 Å². The zero-order chi connectivity index (χ0) is 14.2. The molecule has 4 heteroatoms. The molecule has 0 radical (unpaired) electrons. The molecule has 0 atom stereocenters. The Labute approximate surface area is 122 Å². The summed E-state index contributed by atoms with van der Waals surface area (Å²) < 4.78 is 0. The Morgan fingerprint density at radius 2 is 2.10 bits per heavy atom. The van der Waals surface area contributed by atoms with Crippen molar-refractivity contribution in [3.05, 3.63) is 23.9 Å². The van der Waals surface area contributed by atoms with Gasteiger partial charge in [-0.1, -0.05) is 25.3 Å². The number of pyridine rings is 1. The van der Waals surface area contributed by atoms with Crippen molar-refractivity contribution in [2.45, 2.75) is 51.6 Å². The predicted molar refractivity (Wildman–Crippen MR) is 82.8 cm³/mol. The Balaban J connectivity index is 2.00. The molecular formula is C16H27N3O. The predicted octanol–water partition coefficient (Wildman–Crippen LogP) is 2.64. The zero-order valence-electron chi connectivity index (χ0n) is 12.5. The van der Waals surface area contributed by atoms with Crippen LogP contribution in [0.4, 0.5) is 5.82 Å². The standard InChI is InChI=1S/C16H27N3O/c1-2-17-16-10-6-7-14(18-16)13-19(11-12-20)15-8-4-3-5-9-15/h6-7,10,15,20H,2-5,8-9,11-13H2,1H3,(H,17,18). The number of aliphatic hydroxyl groups is 1. The van der Waals surface area contributed by atoms with Gasteiger partial charge in [0.15, 0.2) is 0 Å². The van der Waals surface area contributed by atoms with Crippen molar-refractivity contribution in [3.63, 3.8) is 0 Å². The molecule has 0 aromatic carbocycles. The highest BCUT2D eigenvalue weighted by molar-refractivity contribution is 5.34. The molecular weight excluding hydrogens is 250 g/mol. The van der Waals surface area contributed by atoms with Crippen LogP contribution in [-0.2, 0) is 6.54 Å². The van der Waals surface area contributed by atoms with Gasteiger partial charge in [0.05, 0.1) is 12.3 Å². The quantitative estimate of drug-likeness (QED) is 0.804. The van der Waals surface area contributed by atoms with Gasteiger partial charge in [0.2, 0.25) is 0 Å².